The molecule has 2 aromatic rings. The van der Waals surface area contributed by atoms with Crippen molar-refractivity contribution in [1.29, 1.82) is 0 Å². The molecule has 0 saturated heterocycles. The van der Waals surface area contributed by atoms with Gasteiger partial charge in [-0.25, -0.2) is 0 Å². The van der Waals surface area contributed by atoms with Crippen molar-refractivity contribution in [2.24, 2.45) is 23.2 Å². The molecule has 2 aromatic carbocycles. The second-order valence-electron chi connectivity index (χ2n) is 9.09. The number of fused-ring (bicyclic) bond motifs is 5. The first-order valence-corrected chi connectivity index (χ1v) is 9.85. The Balaban J connectivity index is 1.58. The average Bonchev–Trinajstić information content (AvgIpc) is 3.14. The monoisotopic (exact) mass is 316 g/mol. The van der Waals surface area contributed by atoms with Crippen molar-refractivity contribution >= 4 is 10.8 Å². The number of allylic oxidation sites excluding steroid dienone is 2. The Morgan fingerprint density at radius 2 is 2.04 bits per heavy atom. The molecule has 3 atom stereocenters. The van der Waals surface area contributed by atoms with Gasteiger partial charge in [-0.15, -0.1) is 0 Å². The maximum Gasteiger partial charge on any atom is -0.0149 e. The minimum absolute atomic E-state index is 0.590. The highest BCUT2D eigenvalue weighted by Crippen LogP contribution is 2.57. The van der Waals surface area contributed by atoms with Crippen LogP contribution < -0.4 is 0 Å². The molecule has 5 rings (SSSR count). The van der Waals surface area contributed by atoms with E-state index in [4.69, 9.17) is 0 Å². The Kier molecular flexibility index (Phi) is 3.21. The molecule has 124 valence electrons. The maximum atomic E-state index is 2.57. The van der Waals surface area contributed by atoms with E-state index in [9.17, 15) is 0 Å². The van der Waals surface area contributed by atoms with Crippen LogP contribution in [0.1, 0.15) is 49.8 Å². The number of hydrogen-bond donors (Lipinski definition) is 0. The highest BCUT2D eigenvalue weighted by molar-refractivity contribution is 5.87. The fourth-order valence-corrected chi connectivity index (χ4v) is 5.89. The lowest BCUT2D eigenvalue weighted by atomic mass is 9.64. The number of aryl methyl sites for hydroxylation is 1. The molecule has 1 saturated carbocycles. The van der Waals surface area contributed by atoms with Crippen LogP contribution in [0.5, 0.6) is 0 Å². The highest BCUT2D eigenvalue weighted by atomic mass is 14.5. The van der Waals surface area contributed by atoms with Gasteiger partial charge < -0.3 is 0 Å². The van der Waals surface area contributed by atoms with Gasteiger partial charge in [-0.1, -0.05) is 56.3 Å². The largest absolute Gasteiger partial charge is 0.0851 e. The molecule has 3 aliphatic rings. The average molecular weight is 316 g/mol. The fraction of sp³-hybridized carbons (Fsp3) is 0.500. The van der Waals surface area contributed by atoms with Gasteiger partial charge in [0, 0.05) is 0 Å². The summed E-state index contributed by atoms with van der Waals surface area (Å²) in [5.74, 6) is 2.46. The normalized spacial score (nSPS) is 30.6. The predicted molar refractivity (Wildman–Crippen MR) is 102 cm³/mol. The highest BCUT2D eigenvalue weighted by Gasteiger charge is 2.49. The zero-order valence-corrected chi connectivity index (χ0v) is 15.0. The Morgan fingerprint density at radius 3 is 2.79 bits per heavy atom. The van der Waals surface area contributed by atoms with Gasteiger partial charge in [-0.05, 0) is 89.2 Å². The van der Waals surface area contributed by atoms with Crippen molar-refractivity contribution in [3.8, 4) is 0 Å². The Labute approximate surface area is 146 Å². The number of rotatable bonds is 2. The predicted octanol–water partition coefficient (Wildman–Crippen LogP) is 6.11. The van der Waals surface area contributed by atoms with Crippen LogP contribution in [-0.4, -0.2) is 0 Å². The van der Waals surface area contributed by atoms with Crippen LogP contribution in [0.2, 0.25) is 0 Å². The van der Waals surface area contributed by atoms with Crippen LogP contribution in [0.4, 0.5) is 0 Å². The molecule has 1 fully saturated rings. The zero-order chi connectivity index (χ0) is 16.3. The van der Waals surface area contributed by atoms with Crippen molar-refractivity contribution in [3.63, 3.8) is 0 Å². The molecule has 2 bridgehead atoms. The summed E-state index contributed by atoms with van der Waals surface area (Å²) >= 11 is 0. The molecule has 0 radical (unpaired) electrons. The summed E-state index contributed by atoms with van der Waals surface area (Å²) in [6.45, 7) is 4.65. The molecule has 24 heavy (non-hydrogen) atoms. The molecule has 0 heterocycles. The quantitative estimate of drug-likeness (QED) is 0.586. The molecule has 0 aromatic heterocycles. The third kappa shape index (κ3) is 2.19. The van der Waals surface area contributed by atoms with Gasteiger partial charge in [-0.3, -0.25) is 0 Å². The van der Waals surface area contributed by atoms with Gasteiger partial charge in [0.2, 0.25) is 0 Å². The lowest BCUT2D eigenvalue weighted by molar-refractivity contribution is 0.195. The second kappa shape index (κ2) is 5.22. The van der Waals surface area contributed by atoms with Gasteiger partial charge in [0.05, 0.1) is 0 Å². The molecule has 0 aliphatic heterocycles. The molecule has 0 amide bonds. The summed E-state index contributed by atoms with van der Waals surface area (Å²) in [4.78, 5) is 0. The van der Waals surface area contributed by atoms with E-state index in [0.29, 0.717) is 11.3 Å². The van der Waals surface area contributed by atoms with E-state index >= 15 is 0 Å². The minimum atomic E-state index is 0.590. The molecule has 3 aliphatic carbocycles. The van der Waals surface area contributed by atoms with Gasteiger partial charge in [0.1, 0.15) is 0 Å². The van der Waals surface area contributed by atoms with Crippen LogP contribution in [0.25, 0.3) is 10.8 Å². The van der Waals surface area contributed by atoms with Gasteiger partial charge >= 0.3 is 0 Å². The third-order valence-corrected chi connectivity index (χ3v) is 6.98. The topological polar surface area (TPSA) is 0 Å². The molecule has 0 nitrogen and oxygen atoms in total. The maximum absolute atomic E-state index is 2.57. The molecule has 3 unspecified atom stereocenters. The van der Waals surface area contributed by atoms with Crippen molar-refractivity contribution < 1.29 is 0 Å². The summed E-state index contributed by atoms with van der Waals surface area (Å²) in [6.07, 6.45) is 13.1. The van der Waals surface area contributed by atoms with Crippen LogP contribution in [-0.2, 0) is 19.3 Å². The van der Waals surface area contributed by atoms with E-state index in [-0.39, 0.29) is 0 Å². The van der Waals surface area contributed by atoms with E-state index in [2.05, 4.69) is 56.3 Å². The van der Waals surface area contributed by atoms with Crippen LogP contribution in [0, 0.1) is 23.2 Å². The van der Waals surface area contributed by atoms with Crippen LogP contribution in [0.3, 0.4) is 0 Å². The molecule has 0 heteroatoms. The van der Waals surface area contributed by atoms with Crippen molar-refractivity contribution in [1.82, 2.24) is 0 Å². The summed E-state index contributed by atoms with van der Waals surface area (Å²) in [5, 5.41) is 2.97. The standard InChI is InChI=1S/C24H28/c1-16(2)10-19-4-3-5-20-12-18-8-9-24(15-21(18)13-23(19)20)14-17-6-7-22(24)11-17/h3-7,12-13,16-17,22H,8-11,14-15H2,1-2H3. The summed E-state index contributed by atoms with van der Waals surface area (Å²) in [5.41, 5.74) is 5.41. The van der Waals surface area contributed by atoms with Crippen molar-refractivity contribution in [2.75, 3.05) is 0 Å². The number of hydrogen-bond acceptors (Lipinski definition) is 0. The van der Waals surface area contributed by atoms with E-state index in [1.54, 1.807) is 11.1 Å². The van der Waals surface area contributed by atoms with Crippen molar-refractivity contribution in [3.05, 3.63) is 59.2 Å². The molecule has 0 N–H and O–H groups in total. The van der Waals surface area contributed by atoms with Gasteiger partial charge in [0.25, 0.3) is 0 Å². The van der Waals surface area contributed by atoms with Gasteiger partial charge in [-0.2, -0.15) is 0 Å². The number of benzene rings is 2. The van der Waals surface area contributed by atoms with Crippen LogP contribution in [0.15, 0.2) is 42.5 Å². The third-order valence-electron chi connectivity index (χ3n) is 6.98. The van der Waals surface area contributed by atoms with E-state index in [1.807, 2.05) is 0 Å². The summed E-state index contributed by atoms with van der Waals surface area (Å²) < 4.78 is 0. The van der Waals surface area contributed by atoms with E-state index in [0.717, 1.165) is 11.8 Å². The Bertz CT molecular complexity index is 825. The smallest absolute Gasteiger partial charge is 0.0149 e. The molecular formula is C24H28. The Morgan fingerprint density at radius 1 is 1.12 bits per heavy atom. The van der Waals surface area contributed by atoms with E-state index in [1.165, 1.54) is 54.9 Å². The first-order chi connectivity index (χ1) is 11.6. The SMILES string of the molecule is CC(C)Cc1cccc2cc3c(cc12)CC1(CC3)CC2C=CC1C2. The van der Waals surface area contributed by atoms with E-state index < -0.39 is 0 Å². The first kappa shape index (κ1) is 14.8. The van der Waals surface area contributed by atoms with Gasteiger partial charge in [0.15, 0.2) is 0 Å². The minimum Gasteiger partial charge on any atom is -0.0851 e. The lowest BCUT2D eigenvalue weighted by Gasteiger charge is -2.40. The summed E-state index contributed by atoms with van der Waals surface area (Å²) in [6, 6.07) is 12.0. The zero-order valence-electron chi connectivity index (χ0n) is 15.0. The van der Waals surface area contributed by atoms with Crippen molar-refractivity contribution in [2.45, 2.75) is 52.4 Å². The lowest BCUT2D eigenvalue weighted by Crippen LogP contribution is -2.32. The second-order valence-corrected chi connectivity index (χ2v) is 9.09. The first-order valence-electron chi connectivity index (χ1n) is 9.85. The Hall–Kier alpha value is -1.56. The molecule has 1 spiro atoms. The summed E-state index contributed by atoms with van der Waals surface area (Å²) in [7, 11) is 0. The molecular weight excluding hydrogens is 288 g/mol. The van der Waals surface area contributed by atoms with Crippen LogP contribution >= 0.6 is 0 Å². The fourth-order valence-electron chi connectivity index (χ4n) is 5.89.